The topological polar surface area (TPSA) is 101 Å². The van der Waals surface area contributed by atoms with E-state index in [1.54, 1.807) is 24.5 Å². The van der Waals surface area contributed by atoms with Crippen LogP contribution in [0, 0.1) is 0 Å². The molecule has 0 spiro atoms. The lowest BCUT2D eigenvalue weighted by Gasteiger charge is -2.35. The zero-order valence-electron chi connectivity index (χ0n) is 15.7. The number of aliphatic imine (C=N–C) groups is 1. The van der Waals surface area contributed by atoms with Gasteiger partial charge in [-0.05, 0) is 42.5 Å². The Morgan fingerprint density at radius 3 is 2.52 bits per heavy atom. The maximum Gasteiger partial charge on any atom is 0.238 e. The van der Waals surface area contributed by atoms with Crippen molar-refractivity contribution in [3.63, 3.8) is 0 Å². The first-order chi connectivity index (χ1) is 14.2. The molecule has 3 aromatic rings. The SMILES string of the molecule is Oc1ccc(N2CCN(c3nc(O)c(/C=C4\C=Nc5ncccc54)[nH]3)CC2)cc1. The van der Waals surface area contributed by atoms with Crippen LogP contribution in [0.25, 0.3) is 11.6 Å². The first-order valence-corrected chi connectivity index (χ1v) is 9.46. The third-order valence-corrected chi connectivity index (χ3v) is 5.22. The Bertz CT molecular complexity index is 1090. The largest absolute Gasteiger partial charge is 0.508 e. The van der Waals surface area contributed by atoms with Crippen molar-refractivity contribution in [1.82, 2.24) is 15.0 Å². The Balaban J connectivity index is 1.31. The lowest BCUT2D eigenvalue weighted by molar-refractivity contribution is 0.455. The van der Waals surface area contributed by atoms with Crippen LogP contribution in [0.5, 0.6) is 11.6 Å². The summed E-state index contributed by atoms with van der Waals surface area (Å²) in [5, 5.41) is 19.8. The van der Waals surface area contributed by atoms with E-state index in [2.05, 4.69) is 29.7 Å². The number of aromatic nitrogens is 3. The number of piperazine rings is 1. The Labute approximate surface area is 167 Å². The van der Waals surface area contributed by atoms with Crippen LogP contribution >= 0.6 is 0 Å². The molecule has 0 saturated carbocycles. The van der Waals surface area contributed by atoms with Gasteiger partial charge in [0.25, 0.3) is 0 Å². The number of allylic oxidation sites excluding steroid dienone is 1. The number of nitrogens with one attached hydrogen (secondary N) is 1. The van der Waals surface area contributed by atoms with Crippen molar-refractivity contribution in [3.05, 3.63) is 53.9 Å². The second kappa shape index (κ2) is 6.97. The average Bonchev–Trinajstić information content (AvgIpc) is 3.33. The van der Waals surface area contributed by atoms with Gasteiger partial charge < -0.3 is 25.0 Å². The highest BCUT2D eigenvalue weighted by molar-refractivity contribution is 6.20. The maximum absolute atomic E-state index is 10.3. The van der Waals surface area contributed by atoms with E-state index in [1.165, 1.54) is 0 Å². The number of anilines is 2. The number of H-pyrrole nitrogens is 1. The minimum atomic E-state index is -0.0285. The second-order valence-electron chi connectivity index (χ2n) is 7.02. The number of hydrogen-bond acceptors (Lipinski definition) is 7. The molecule has 1 fully saturated rings. The van der Waals surface area contributed by atoms with Crippen molar-refractivity contribution in [2.24, 2.45) is 4.99 Å². The predicted molar refractivity (Wildman–Crippen MR) is 113 cm³/mol. The van der Waals surface area contributed by atoms with Crippen molar-refractivity contribution in [3.8, 4) is 11.6 Å². The third-order valence-electron chi connectivity index (χ3n) is 5.22. The van der Waals surface area contributed by atoms with Gasteiger partial charge in [-0.3, -0.25) is 0 Å². The quantitative estimate of drug-likeness (QED) is 0.638. The van der Waals surface area contributed by atoms with Crippen molar-refractivity contribution >= 4 is 35.3 Å². The molecule has 0 radical (unpaired) electrons. The van der Waals surface area contributed by atoms with Gasteiger partial charge in [0, 0.05) is 55.4 Å². The van der Waals surface area contributed by atoms with Crippen molar-refractivity contribution in [2.45, 2.75) is 0 Å². The summed E-state index contributed by atoms with van der Waals surface area (Å²) in [5.41, 5.74) is 3.46. The monoisotopic (exact) mass is 388 g/mol. The highest BCUT2D eigenvalue weighted by Gasteiger charge is 2.21. The third kappa shape index (κ3) is 3.29. The number of imidazole rings is 1. The van der Waals surface area contributed by atoms with Gasteiger partial charge in [0.15, 0.2) is 5.82 Å². The molecule has 0 bridgehead atoms. The number of benzene rings is 1. The van der Waals surface area contributed by atoms with E-state index < -0.39 is 0 Å². The number of fused-ring (bicyclic) bond motifs is 1. The van der Waals surface area contributed by atoms with E-state index in [1.807, 2.05) is 30.3 Å². The zero-order chi connectivity index (χ0) is 19.8. The van der Waals surface area contributed by atoms with Gasteiger partial charge >= 0.3 is 0 Å². The Kier molecular flexibility index (Phi) is 4.16. The molecule has 8 nitrogen and oxygen atoms in total. The standard InChI is InChI=1S/C21H20N6O2/c28-16-5-3-15(4-6-16)26-8-10-27(11-9-26)21-24-18(20(29)25-21)12-14-13-23-19-17(14)2-1-7-22-19/h1-7,12-13,28-29H,8-11H2,(H,24,25)/b14-12+. The van der Waals surface area contributed by atoms with Crippen LogP contribution in [0.15, 0.2) is 47.6 Å². The van der Waals surface area contributed by atoms with Crippen molar-refractivity contribution in [2.75, 3.05) is 36.0 Å². The number of nitrogens with zero attached hydrogens (tertiary/aromatic N) is 5. The van der Waals surface area contributed by atoms with Gasteiger partial charge in [0.2, 0.25) is 11.8 Å². The molecule has 0 aliphatic carbocycles. The first-order valence-electron chi connectivity index (χ1n) is 9.46. The summed E-state index contributed by atoms with van der Waals surface area (Å²) in [5.74, 6) is 1.58. The Morgan fingerprint density at radius 1 is 0.966 bits per heavy atom. The minimum absolute atomic E-state index is 0.0285. The summed E-state index contributed by atoms with van der Waals surface area (Å²) in [6.45, 7) is 3.21. The van der Waals surface area contributed by atoms with E-state index in [9.17, 15) is 10.2 Å². The molecule has 2 aliphatic heterocycles. The van der Waals surface area contributed by atoms with E-state index in [0.29, 0.717) is 17.5 Å². The number of aromatic amines is 1. The molecule has 1 saturated heterocycles. The maximum atomic E-state index is 10.3. The number of phenols is 1. The molecule has 2 aliphatic rings. The van der Waals surface area contributed by atoms with E-state index >= 15 is 0 Å². The minimum Gasteiger partial charge on any atom is -0.508 e. The highest BCUT2D eigenvalue weighted by Crippen LogP contribution is 2.32. The smallest absolute Gasteiger partial charge is 0.238 e. The summed E-state index contributed by atoms with van der Waals surface area (Å²) in [7, 11) is 0. The van der Waals surface area contributed by atoms with Crippen molar-refractivity contribution in [1.29, 1.82) is 0 Å². The van der Waals surface area contributed by atoms with E-state index in [0.717, 1.165) is 43.0 Å². The molecule has 0 amide bonds. The number of phenolic OH excluding ortho intramolecular Hbond substituents is 1. The van der Waals surface area contributed by atoms with Gasteiger partial charge in [-0.15, -0.1) is 0 Å². The Hall–Kier alpha value is -3.81. The van der Waals surface area contributed by atoms with Gasteiger partial charge in [0.05, 0.1) is 0 Å². The summed E-state index contributed by atoms with van der Waals surface area (Å²) in [6, 6.07) is 11.1. The molecule has 8 heteroatoms. The highest BCUT2D eigenvalue weighted by atomic mass is 16.3. The lowest BCUT2D eigenvalue weighted by Crippen LogP contribution is -2.46. The van der Waals surface area contributed by atoms with Crippen LogP contribution in [0.3, 0.4) is 0 Å². The molecule has 5 rings (SSSR count). The Morgan fingerprint density at radius 2 is 1.72 bits per heavy atom. The van der Waals surface area contributed by atoms with Gasteiger partial charge in [-0.1, -0.05) is 0 Å². The molecule has 1 aromatic carbocycles. The number of rotatable bonds is 3. The number of aromatic hydroxyl groups is 2. The molecular formula is C21H20N6O2. The normalized spacial score (nSPS) is 17.2. The molecule has 0 atom stereocenters. The summed E-state index contributed by atoms with van der Waals surface area (Å²) in [6.07, 6.45) is 5.30. The molecular weight excluding hydrogens is 368 g/mol. The summed E-state index contributed by atoms with van der Waals surface area (Å²) in [4.78, 5) is 20.5. The molecule has 0 unspecified atom stereocenters. The zero-order valence-corrected chi connectivity index (χ0v) is 15.7. The van der Waals surface area contributed by atoms with Crippen LogP contribution in [-0.2, 0) is 0 Å². The molecule has 2 aromatic heterocycles. The van der Waals surface area contributed by atoms with Gasteiger partial charge in [0.1, 0.15) is 11.4 Å². The molecule has 29 heavy (non-hydrogen) atoms. The molecule has 4 heterocycles. The molecule has 3 N–H and O–H groups in total. The lowest BCUT2D eigenvalue weighted by atomic mass is 10.1. The summed E-state index contributed by atoms with van der Waals surface area (Å²) >= 11 is 0. The predicted octanol–water partition coefficient (Wildman–Crippen LogP) is 2.80. The second-order valence-corrected chi connectivity index (χ2v) is 7.02. The molecule has 146 valence electrons. The fourth-order valence-corrected chi connectivity index (χ4v) is 3.65. The van der Waals surface area contributed by atoms with Crippen LogP contribution in [0.4, 0.5) is 17.5 Å². The fourth-order valence-electron chi connectivity index (χ4n) is 3.65. The average molecular weight is 388 g/mol. The van der Waals surface area contributed by atoms with Crippen LogP contribution < -0.4 is 9.80 Å². The van der Waals surface area contributed by atoms with E-state index in [4.69, 9.17) is 0 Å². The van der Waals surface area contributed by atoms with Crippen LogP contribution in [0.2, 0.25) is 0 Å². The van der Waals surface area contributed by atoms with Gasteiger partial charge in [-0.2, -0.15) is 4.98 Å². The summed E-state index contributed by atoms with van der Waals surface area (Å²) < 4.78 is 0. The number of hydrogen-bond donors (Lipinski definition) is 3. The number of pyridine rings is 1. The first kappa shape index (κ1) is 17.3. The van der Waals surface area contributed by atoms with Gasteiger partial charge in [-0.25, -0.2) is 9.98 Å². The van der Waals surface area contributed by atoms with E-state index in [-0.39, 0.29) is 11.6 Å². The fraction of sp³-hybridized carbons (Fsp3) is 0.190. The van der Waals surface area contributed by atoms with Crippen LogP contribution in [-0.4, -0.2) is 57.6 Å². The van der Waals surface area contributed by atoms with Crippen molar-refractivity contribution < 1.29 is 10.2 Å². The van der Waals surface area contributed by atoms with Crippen LogP contribution in [0.1, 0.15) is 11.3 Å².